The van der Waals surface area contributed by atoms with E-state index in [2.05, 4.69) is 27.2 Å². The number of fused-ring (bicyclic) bond motifs is 1. The molecule has 1 aliphatic carbocycles. The standard InChI is InChI=1S/C20H23N5O2/c1-11-7-18(22-12(2)16(11)9-21)20(26)23-14-3-4-17-15(8-14)19(25-24-17)13-5-6-27-10-13/h5-7,10,14-15,17,19,24-25H,3-4,8H2,1-2H3,(H,23,26). The van der Waals surface area contributed by atoms with Gasteiger partial charge < -0.3 is 9.73 Å². The predicted octanol–water partition coefficient (Wildman–Crippen LogP) is 2.28. The average Bonchev–Trinajstić information content (AvgIpc) is 3.30. The van der Waals surface area contributed by atoms with E-state index in [0.717, 1.165) is 30.4 Å². The number of amides is 1. The Morgan fingerprint density at radius 3 is 2.93 bits per heavy atom. The van der Waals surface area contributed by atoms with E-state index in [1.54, 1.807) is 25.5 Å². The molecule has 0 aromatic carbocycles. The minimum atomic E-state index is -0.173. The normalized spacial score (nSPS) is 27.0. The molecule has 7 heteroatoms. The molecule has 0 spiro atoms. The minimum absolute atomic E-state index is 0.105. The lowest BCUT2D eigenvalue weighted by molar-refractivity contribution is 0.0910. The van der Waals surface area contributed by atoms with Crippen LogP contribution in [0.2, 0.25) is 0 Å². The van der Waals surface area contributed by atoms with E-state index in [0.29, 0.717) is 28.9 Å². The Kier molecular flexibility index (Phi) is 4.68. The number of hydrogen-bond acceptors (Lipinski definition) is 6. The van der Waals surface area contributed by atoms with Crippen molar-refractivity contribution < 1.29 is 9.21 Å². The van der Waals surface area contributed by atoms with Crippen molar-refractivity contribution in [3.63, 3.8) is 0 Å². The van der Waals surface area contributed by atoms with Crippen LogP contribution in [0.25, 0.3) is 0 Å². The van der Waals surface area contributed by atoms with Crippen molar-refractivity contribution in [2.75, 3.05) is 0 Å². The first-order valence-electron chi connectivity index (χ1n) is 9.29. The van der Waals surface area contributed by atoms with Crippen LogP contribution in [0.5, 0.6) is 0 Å². The molecule has 1 amide bonds. The summed E-state index contributed by atoms with van der Waals surface area (Å²) in [5.41, 5.74) is 10.2. The van der Waals surface area contributed by atoms with Crippen molar-refractivity contribution in [3.8, 4) is 6.07 Å². The van der Waals surface area contributed by atoms with Crippen molar-refractivity contribution in [1.29, 1.82) is 5.26 Å². The maximum atomic E-state index is 12.7. The van der Waals surface area contributed by atoms with Gasteiger partial charge in [0.15, 0.2) is 0 Å². The molecule has 1 saturated heterocycles. The van der Waals surface area contributed by atoms with Crippen molar-refractivity contribution in [2.45, 2.75) is 51.2 Å². The predicted molar refractivity (Wildman–Crippen MR) is 98.5 cm³/mol. The summed E-state index contributed by atoms with van der Waals surface area (Å²) < 4.78 is 5.23. The van der Waals surface area contributed by atoms with Gasteiger partial charge in [0.2, 0.25) is 0 Å². The molecule has 0 radical (unpaired) electrons. The van der Waals surface area contributed by atoms with Gasteiger partial charge in [-0.2, -0.15) is 5.26 Å². The van der Waals surface area contributed by atoms with Crippen LogP contribution in [0.1, 0.15) is 58.2 Å². The Bertz CT molecular complexity index is 863. The fourth-order valence-electron chi connectivity index (χ4n) is 4.35. The lowest BCUT2D eigenvalue weighted by Gasteiger charge is -2.33. The van der Waals surface area contributed by atoms with Gasteiger partial charge in [-0.3, -0.25) is 10.2 Å². The molecule has 2 fully saturated rings. The minimum Gasteiger partial charge on any atom is -0.472 e. The summed E-state index contributed by atoms with van der Waals surface area (Å²) in [4.78, 5) is 17.0. The molecule has 2 aromatic heterocycles. The van der Waals surface area contributed by atoms with Crippen molar-refractivity contribution >= 4 is 5.91 Å². The number of nitrogens with one attached hydrogen (secondary N) is 3. The molecule has 4 rings (SSSR count). The third-order valence-electron chi connectivity index (χ3n) is 5.73. The van der Waals surface area contributed by atoms with E-state index in [4.69, 9.17) is 4.42 Å². The number of nitriles is 1. The highest BCUT2D eigenvalue weighted by Crippen LogP contribution is 2.38. The summed E-state index contributed by atoms with van der Waals surface area (Å²) in [5.74, 6) is 0.215. The summed E-state index contributed by atoms with van der Waals surface area (Å²) in [7, 11) is 0. The van der Waals surface area contributed by atoms with E-state index in [1.165, 1.54) is 0 Å². The molecule has 4 unspecified atom stereocenters. The van der Waals surface area contributed by atoms with Crippen LogP contribution in [0.3, 0.4) is 0 Å². The van der Waals surface area contributed by atoms with Gasteiger partial charge in [-0.05, 0) is 56.7 Å². The Balaban J connectivity index is 1.46. The number of carbonyl (C=O) groups is 1. The number of hydrazine groups is 1. The zero-order valence-electron chi connectivity index (χ0n) is 15.5. The average molecular weight is 365 g/mol. The number of nitrogens with zero attached hydrogens (tertiary/aromatic N) is 2. The van der Waals surface area contributed by atoms with E-state index in [-0.39, 0.29) is 18.0 Å². The lowest BCUT2D eigenvalue weighted by atomic mass is 9.77. The molecule has 3 heterocycles. The summed E-state index contributed by atoms with van der Waals surface area (Å²) in [6, 6.07) is 6.50. The van der Waals surface area contributed by atoms with Gasteiger partial charge in [-0.15, -0.1) is 0 Å². The van der Waals surface area contributed by atoms with Crippen LogP contribution in [0.15, 0.2) is 29.1 Å². The van der Waals surface area contributed by atoms with Gasteiger partial charge in [0.1, 0.15) is 11.8 Å². The summed E-state index contributed by atoms with van der Waals surface area (Å²) >= 11 is 0. The van der Waals surface area contributed by atoms with Crippen LogP contribution in [-0.2, 0) is 0 Å². The van der Waals surface area contributed by atoms with Gasteiger partial charge in [0.05, 0.1) is 29.8 Å². The molecule has 4 atom stereocenters. The number of pyridine rings is 1. The maximum absolute atomic E-state index is 12.7. The van der Waals surface area contributed by atoms with Crippen LogP contribution in [-0.4, -0.2) is 23.0 Å². The Labute approximate surface area is 158 Å². The monoisotopic (exact) mass is 365 g/mol. The van der Waals surface area contributed by atoms with Gasteiger partial charge in [0.25, 0.3) is 5.91 Å². The van der Waals surface area contributed by atoms with Crippen LogP contribution in [0, 0.1) is 31.1 Å². The quantitative estimate of drug-likeness (QED) is 0.771. The molecule has 1 saturated carbocycles. The maximum Gasteiger partial charge on any atom is 0.270 e. The molecule has 140 valence electrons. The van der Waals surface area contributed by atoms with Crippen molar-refractivity contribution in [1.82, 2.24) is 21.2 Å². The van der Waals surface area contributed by atoms with Crippen molar-refractivity contribution in [3.05, 3.63) is 52.7 Å². The fourth-order valence-corrected chi connectivity index (χ4v) is 4.35. The van der Waals surface area contributed by atoms with Crippen LogP contribution in [0.4, 0.5) is 0 Å². The molecule has 1 aliphatic heterocycles. The summed E-state index contributed by atoms with van der Waals surface area (Å²) in [6.45, 7) is 3.60. The smallest absolute Gasteiger partial charge is 0.270 e. The third kappa shape index (κ3) is 3.34. The van der Waals surface area contributed by atoms with E-state index < -0.39 is 0 Å². The topological polar surface area (TPSA) is 103 Å². The zero-order valence-corrected chi connectivity index (χ0v) is 15.5. The van der Waals surface area contributed by atoms with Crippen LogP contribution < -0.4 is 16.2 Å². The highest BCUT2D eigenvalue weighted by molar-refractivity contribution is 5.92. The fraction of sp³-hybridized carbons (Fsp3) is 0.450. The Morgan fingerprint density at radius 2 is 2.22 bits per heavy atom. The molecule has 3 N–H and O–H groups in total. The number of aromatic nitrogens is 1. The van der Waals surface area contributed by atoms with Crippen molar-refractivity contribution in [2.24, 2.45) is 5.92 Å². The number of rotatable bonds is 3. The summed E-state index contributed by atoms with van der Waals surface area (Å²) in [5, 5.41) is 12.3. The van der Waals surface area contributed by atoms with Gasteiger partial charge in [0, 0.05) is 17.6 Å². The SMILES string of the molecule is Cc1cc(C(=O)NC2CCC3NNC(c4ccoc4)C3C2)nc(C)c1C#N. The van der Waals surface area contributed by atoms with Gasteiger partial charge in [-0.1, -0.05) is 0 Å². The largest absolute Gasteiger partial charge is 0.472 e. The number of furan rings is 1. The second-order valence-electron chi connectivity index (χ2n) is 7.47. The van der Waals surface area contributed by atoms with E-state index in [9.17, 15) is 10.1 Å². The van der Waals surface area contributed by atoms with E-state index in [1.807, 2.05) is 13.0 Å². The number of carbonyl (C=O) groups excluding carboxylic acids is 1. The van der Waals surface area contributed by atoms with Gasteiger partial charge >= 0.3 is 0 Å². The highest BCUT2D eigenvalue weighted by atomic mass is 16.3. The summed E-state index contributed by atoms with van der Waals surface area (Å²) in [6.07, 6.45) is 6.27. The molecule has 2 aliphatic rings. The Morgan fingerprint density at radius 1 is 1.37 bits per heavy atom. The molecule has 2 aromatic rings. The highest BCUT2D eigenvalue weighted by Gasteiger charge is 2.41. The first-order chi connectivity index (χ1) is 13.1. The second-order valence-corrected chi connectivity index (χ2v) is 7.47. The van der Waals surface area contributed by atoms with Gasteiger partial charge in [-0.25, -0.2) is 10.4 Å². The number of aryl methyl sites for hydroxylation is 2. The lowest BCUT2D eigenvalue weighted by Crippen LogP contribution is -2.44. The first kappa shape index (κ1) is 17.7. The van der Waals surface area contributed by atoms with E-state index >= 15 is 0 Å². The molecular formula is C20H23N5O2. The Hall–Kier alpha value is -2.69. The molecule has 7 nitrogen and oxygen atoms in total. The number of hydrogen-bond donors (Lipinski definition) is 3. The first-order valence-corrected chi connectivity index (χ1v) is 9.29. The third-order valence-corrected chi connectivity index (χ3v) is 5.73. The molecule has 0 bridgehead atoms. The molecular weight excluding hydrogens is 342 g/mol. The van der Waals surface area contributed by atoms with Crippen LogP contribution >= 0.6 is 0 Å². The zero-order chi connectivity index (χ0) is 19.0. The molecule has 27 heavy (non-hydrogen) atoms. The second kappa shape index (κ2) is 7.14.